The van der Waals surface area contributed by atoms with E-state index >= 15 is 0 Å². The Labute approximate surface area is 150 Å². The maximum Gasteiger partial charge on any atom is 0.0478 e. The lowest BCUT2D eigenvalue weighted by Gasteiger charge is -2.16. The molecule has 5 rings (SSSR count). The van der Waals surface area contributed by atoms with Gasteiger partial charge in [0.15, 0.2) is 0 Å². The molecule has 0 bridgehead atoms. The van der Waals surface area contributed by atoms with Crippen LogP contribution in [0.3, 0.4) is 0 Å². The van der Waals surface area contributed by atoms with E-state index in [2.05, 4.69) is 89.3 Å². The summed E-state index contributed by atoms with van der Waals surface area (Å²) in [5.74, 6) is 0.229. The third-order valence-electron chi connectivity index (χ3n) is 5.03. The number of rotatable bonds is 3. The lowest BCUT2D eigenvalue weighted by molar-refractivity contribution is 1.01. The Morgan fingerprint density at radius 1 is 0.760 bits per heavy atom. The summed E-state index contributed by atoms with van der Waals surface area (Å²) in [7, 11) is 0. The Hall–Kier alpha value is -2.78. The van der Waals surface area contributed by atoms with Crippen molar-refractivity contribution in [3.8, 4) is 0 Å². The normalized spacial score (nSPS) is 11.8. The molecule has 0 fully saturated rings. The van der Waals surface area contributed by atoms with Gasteiger partial charge < -0.3 is 9.97 Å². The number of H-pyrrole nitrogens is 2. The topological polar surface area (TPSA) is 31.6 Å². The summed E-state index contributed by atoms with van der Waals surface area (Å²) in [5.41, 5.74) is 6.41. The predicted molar refractivity (Wildman–Crippen MR) is 107 cm³/mol. The fourth-order valence-corrected chi connectivity index (χ4v) is 4.86. The molecule has 3 heteroatoms. The molecule has 122 valence electrons. The van der Waals surface area contributed by atoms with E-state index < -0.39 is 0 Å². The van der Waals surface area contributed by atoms with E-state index in [0.29, 0.717) is 0 Å². The molecule has 2 N–H and O–H groups in total. The van der Waals surface area contributed by atoms with Crippen molar-refractivity contribution in [2.24, 2.45) is 0 Å². The summed E-state index contributed by atoms with van der Waals surface area (Å²) in [6.07, 6.45) is 4.35. The first kappa shape index (κ1) is 14.6. The number of hydrogen-bond donors (Lipinski definition) is 2. The molecule has 2 aromatic carbocycles. The van der Waals surface area contributed by atoms with Gasteiger partial charge in [-0.25, -0.2) is 0 Å². The highest BCUT2D eigenvalue weighted by atomic mass is 32.1. The van der Waals surface area contributed by atoms with Crippen molar-refractivity contribution < 1.29 is 0 Å². The zero-order valence-electron chi connectivity index (χ0n) is 13.9. The summed E-state index contributed by atoms with van der Waals surface area (Å²) in [6, 6.07) is 19.3. The highest BCUT2D eigenvalue weighted by Gasteiger charge is 2.25. The van der Waals surface area contributed by atoms with Gasteiger partial charge >= 0.3 is 0 Å². The second-order valence-electron chi connectivity index (χ2n) is 6.48. The summed E-state index contributed by atoms with van der Waals surface area (Å²) in [4.78, 5) is 8.32. The largest absolute Gasteiger partial charge is 0.361 e. The molecule has 0 spiro atoms. The molecule has 0 saturated heterocycles. The van der Waals surface area contributed by atoms with E-state index in [9.17, 15) is 0 Å². The Balaban J connectivity index is 1.82. The van der Waals surface area contributed by atoms with Gasteiger partial charge in [-0.2, -0.15) is 0 Å². The van der Waals surface area contributed by atoms with Gasteiger partial charge in [0, 0.05) is 45.0 Å². The van der Waals surface area contributed by atoms with Crippen LogP contribution in [0.25, 0.3) is 21.8 Å². The third kappa shape index (κ3) is 2.24. The van der Waals surface area contributed by atoms with E-state index in [0.717, 1.165) is 0 Å². The lowest BCUT2D eigenvalue weighted by Crippen LogP contribution is -2.01. The molecule has 3 aromatic heterocycles. The Morgan fingerprint density at radius 2 is 1.32 bits per heavy atom. The Bertz CT molecular complexity index is 1100. The van der Waals surface area contributed by atoms with E-state index in [1.165, 1.54) is 43.4 Å². The molecule has 3 heterocycles. The predicted octanol–water partition coefficient (Wildman–Crippen LogP) is 6.20. The molecule has 0 unspecified atom stereocenters. The van der Waals surface area contributed by atoms with E-state index in [1.54, 1.807) is 0 Å². The molecule has 25 heavy (non-hydrogen) atoms. The van der Waals surface area contributed by atoms with Crippen molar-refractivity contribution in [2.45, 2.75) is 12.8 Å². The van der Waals surface area contributed by atoms with Crippen LogP contribution < -0.4 is 0 Å². The van der Waals surface area contributed by atoms with Crippen LogP contribution in [0.5, 0.6) is 0 Å². The number of aryl methyl sites for hydroxylation is 1. The highest BCUT2D eigenvalue weighted by Crippen LogP contribution is 2.42. The molecule has 0 aliphatic heterocycles. The van der Waals surface area contributed by atoms with Crippen LogP contribution in [0.1, 0.15) is 27.5 Å². The number of nitrogens with one attached hydrogen (secondary N) is 2. The van der Waals surface area contributed by atoms with Gasteiger partial charge in [0.1, 0.15) is 0 Å². The SMILES string of the molecule is Cc1ccsc1C(c1c[nH]c2ccccc12)c1c[nH]c2ccccc12. The van der Waals surface area contributed by atoms with Gasteiger partial charge in [-0.1, -0.05) is 36.4 Å². The van der Waals surface area contributed by atoms with Crippen LogP contribution in [-0.2, 0) is 0 Å². The molecule has 0 radical (unpaired) electrons. The summed E-state index contributed by atoms with van der Waals surface area (Å²) in [6.45, 7) is 2.21. The van der Waals surface area contributed by atoms with Crippen LogP contribution >= 0.6 is 11.3 Å². The Kier molecular flexibility index (Phi) is 3.28. The average Bonchev–Trinajstić information content (AvgIpc) is 3.36. The molecular weight excluding hydrogens is 324 g/mol. The number of benzene rings is 2. The fourth-order valence-electron chi connectivity index (χ4n) is 3.80. The van der Waals surface area contributed by atoms with Gasteiger partial charge in [0.25, 0.3) is 0 Å². The minimum atomic E-state index is 0.229. The van der Waals surface area contributed by atoms with Crippen molar-refractivity contribution in [2.75, 3.05) is 0 Å². The molecule has 0 saturated carbocycles. The summed E-state index contributed by atoms with van der Waals surface area (Å²) in [5, 5.41) is 4.79. The average molecular weight is 342 g/mol. The van der Waals surface area contributed by atoms with E-state index in [4.69, 9.17) is 0 Å². The number of aromatic amines is 2. The maximum absolute atomic E-state index is 3.45. The molecule has 0 aliphatic rings. The van der Waals surface area contributed by atoms with E-state index in [1.807, 2.05) is 11.3 Å². The second-order valence-corrected chi connectivity index (χ2v) is 7.43. The molecule has 2 nitrogen and oxygen atoms in total. The second kappa shape index (κ2) is 5.64. The first-order valence-electron chi connectivity index (χ1n) is 8.49. The molecule has 0 atom stereocenters. The van der Waals surface area contributed by atoms with Crippen LogP contribution in [0.4, 0.5) is 0 Å². The van der Waals surface area contributed by atoms with Crippen molar-refractivity contribution in [3.63, 3.8) is 0 Å². The minimum Gasteiger partial charge on any atom is -0.361 e. The minimum absolute atomic E-state index is 0.229. The zero-order valence-corrected chi connectivity index (χ0v) is 14.7. The summed E-state index contributed by atoms with van der Waals surface area (Å²) >= 11 is 1.84. The van der Waals surface area contributed by atoms with Crippen LogP contribution in [0.2, 0.25) is 0 Å². The lowest BCUT2D eigenvalue weighted by atomic mass is 9.88. The van der Waals surface area contributed by atoms with E-state index in [-0.39, 0.29) is 5.92 Å². The molecular formula is C22H18N2S. The van der Waals surface area contributed by atoms with Gasteiger partial charge in [-0.3, -0.25) is 0 Å². The monoisotopic (exact) mass is 342 g/mol. The first-order valence-corrected chi connectivity index (χ1v) is 9.37. The molecule has 0 aliphatic carbocycles. The van der Waals surface area contributed by atoms with Crippen molar-refractivity contribution >= 4 is 33.1 Å². The van der Waals surface area contributed by atoms with Crippen LogP contribution in [0.15, 0.2) is 72.4 Å². The van der Waals surface area contributed by atoms with Crippen molar-refractivity contribution in [1.29, 1.82) is 0 Å². The van der Waals surface area contributed by atoms with Gasteiger partial charge in [-0.15, -0.1) is 11.3 Å². The third-order valence-corrected chi connectivity index (χ3v) is 6.11. The Morgan fingerprint density at radius 3 is 1.84 bits per heavy atom. The smallest absolute Gasteiger partial charge is 0.0478 e. The first-order chi connectivity index (χ1) is 12.3. The maximum atomic E-state index is 3.45. The van der Waals surface area contributed by atoms with Crippen LogP contribution in [0, 0.1) is 6.92 Å². The summed E-state index contributed by atoms with van der Waals surface area (Å²) < 4.78 is 0. The number of para-hydroxylation sites is 2. The standard InChI is InChI=1S/C22H18N2S/c1-14-10-11-25-22(14)21(17-12-23-19-8-4-2-6-15(17)19)18-13-24-20-9-5-3-7-16(18)20/h2-13,21,23-24H,1H3. The van der Waals surface area contributed by atoms with Gasteiger partial charge in [0.2, 0.25) is 0 Å². The zero-order chi connectivity index (χ0) is 16.8. The van der Waals surface area contributed by atoms with Gasteiger partial charge in [-0.05, 0) is 47.2 Å². The van der Waals surface area contributed by atoms with Crippen LogP contribution in [-0.4, -0.2) is 9.97 Å². The number of thiophene rings is 1. The quantitative estimate of drug-likeness (QED) is 0.391. The van der Waals surface area contributed by atoms with Crippen molar-refractivity contribution in [1.82, 2.24) is 9.97 Å². The van der Waals surface area contributed by atoms with Gasteiger partial charge in [0.05, 0.1) is 0 Å². The number of hydrogen-bond acceptors (Lipinski definition) is 1. The van der Waals surface area contributed by atoms with Crippen molar-refractivity contribution in [3.05, 3.63) is 93.9 Å². The fraction of sp³-hybridized carbons (Fsp3) is 0.0909. The molecule has 5 aromatic rings. The number of aromatic nitrogens is 2. The highest BCUT2D eigenvalue weighted by molar-refractivity contribution is 7.10. The molecule has 0 amide bonds. The number of fused-ring (bicyclic) bond motifs is 2.